The van der Waals surface area contributed by atoms with Crippen LogP contribution in [0, 0.1) is 11.8 Å². The molecule has 39 heavy (non-hydrogen) atoms. The summed E-state index contributed by atoms with van der Waals surface area (Å²) in [5.74, 6) is 1.32. The Balaban J connectivity index is 1.31. The molecule has 2 aliphatic heterocycles. The van der Waals surface area contributed by atoms with Crippen LogP contribution in [0.4, 0.5) is 13.2 Å². The van der Waals surface area contributed by atoms with E-state index in [0.717, 1.165) is 62.1 Å². The lowest BCUT2D eigenvalue weighted by Crippen LogP contribution is -2.50. The predicted molar refractivity (Wildman–Crippen MR) is 140 cm³/mol. The highest BCUT2D eigenvalue weighted by molar-refractivity contribution is 5.73. The number of benzene rings is 1. The van der Waals surface area contributed by atoms with Crippen LogP contribution < -0.4 is 9.47 Å². The molecule has 6 nitrogen and oxygen atoms in total. The molecule has 0 unspecified atom stereocenters. The topological polar surface area (TPSA) is 60.9 Å². The average Bonchev–Trinajstić information content (AvgIpc) is 3.77. The summed E-state index contributed by atoms with van der Waals surface area (Å²) in [6.07, 6.45) is 1.97. The maximum Gasteiger partial charge on any atom is 0.417 e. The van der Waals surface area contributed by atoms with Crippen molar-refractivity contribution in [3.05, 3.63) is 52.7 Å². The third-order valence-corrected chi connectivity index (χ3v) is 9.00. The van der Waals surface area contributed by atoms with Crippen LogP contribution >= 0.6 is 0 Å². The summed E-state index contributed by atoms with van der Waals surface area (Å²) in [4.78, 5) is 18.5. The minimum atomic E-state index is -4.46. The number of nitrogens with zero attached hydrogens (tertiary/aromatic N) is 2. The van der Waals surface area contributed by atoms with Crippen LogP contribution in [-0.4, -0.2) is 48.8 Å². The average molecular weight is 547 g/mol. The molecule has 0 amide bonds. The van der Waals surface area contributed by atoms with Crippen molar-refractivity contribution in [1.82, 2.24) is 9.88 Å². The highest BCUT2D eigenvalue weighted by Crippen LogP contribution is 2.49. The van der Waals surface area contributed by atoms with Crippen molar-refractivity contribution in [1.29, 1.82) is 0 Å². The van der Waals surface area contributed by atoms with Gasteiger partial charge in [-0.3, -0.25) is 9.69 Å². The van der Waals surface area contributed by atoms with Crippen LogP contribution in [0.25, 0.3) is 0 Å². The number of fused-ring (bicyclic) bond motifs is 1. The molecule has 3 atom stereocenters. The molecule has 3 aliphatic rings. The SMILES string of the molecule is COC(=O)[C@H](C)[C@H](c1ccc2c(c1)OC1(CC2)CCN([C@H](C)c2cc(C(F)(F)F)cnc2OC)CC1)C1CC1. The van der Waals surface area contributed by atoms with Gasteiger partial charge in [-0.05, 0) is 80.5 Å². The van der Waals surface area contributed by atoms with E-state index in [2.05, 4.69) is 28.1 Å². The summed E-state index contributed by atoms with van der Waals surface area (Å²) in [6.45, 7) is 5.24. The first kappa shape index (κ1) is 27.7. The van der Waals surface area contributed by atoms with Gasteiger partial charge in [0.2, 0.25) is 5.88 Å². The maximum absolute atomic E-state index is 13.4. The number of aryl methyl sites for hydroxylation is 1. The third-order valence-electron chi connectivity index (χ3n) is 9.00. The molecule has 1 saturated carbocycles. The Labute approximate surface area is 227 Å². The van der Waals surface area contributed by atoms with Crippen molar-refractivity contribution in [3.63, 3.8) is 0 Å². The van der Waals surface area contributed by atoms with E-state index < -0.39 is 11.7 Å². The van der Waals surface area contributed by atoms with Crippen molar-refractivity contribution in [2.75, 3.05) is 27.3 Å². The number of methoxy groups -OCH3 is 2. The fourth-order valence-corrected chi connectivity index (χ4v) is 6.45. The van der Waals surface area contributed by atoms with Crippen molar-refractivity contribution in [3.8, 4) is 11.6 Å². The zero-order valence-corrected chi connectivity index (χ0v) is 23.0. The van der Waals surface area contributed by atoms with Crippen molar-refractivity contribution < 1.29 is 32.2 Å². The molecule has 212 valence electrons. The second-order valence-corrected chi connectivity index (χ2v) is 11.4. The van der Waals surface area contributed by atoms with Gasteiger partial charge in [-0.15, -0.1) is 0 Å². The number of esters is 1. The molecule has 3 heterocycles. The molecule has 0 bridgehead atoms. The maximum atomic E-state index is 13.4. The number of pyridine rings is 1. The molecule has 0 radical (unpaired) electrons. The van der Waals surface area contributed by atoms with Crippen LogP contribution in [0.3, 0.4) is 0 Å². The number of ether oxygens (including phenoxy) is 3. The zero-order chi connectivity index (χ0) is 27.9. The molecule has 9 heteroatoms. The Morgan fingerprint density at radius 3 is 2.46 bits per heavy atom. The van der Waals surface area contributed by atoms with Gasteiger partial charge in [0.1, 0.15) is 11.4 Å². The smallest absolute Gasteiger partial charge is 0.417 e. The van der Waals surface area contributed by atoms with E-state index in [0.29, 0.717) is 24.6 Å². The Morgan fingerprint density at radius 1 is 1.13 bits per heavy atom. The highest BCUT2D eigenvalue weighted by atomic mass is 19.4. The van der Waals surface area contributed by atoms with E-state index in [9.17, 15) is 18.0 Å². The molecule has 0 N–H and O–H groups in total. The van der Waals surface area contributed by atoms with Crippen LogP contribution in [0.5, 0.6) is 11.6 Å². The van der Waals surface area contributed by atoms with Gasteiger partial charge >= 0.3 is 12.1 Å². The minimum absolute atomic E-state index is 0.114. The summed E-state index contributed by atoms with van der Waals surface area (Å²) in [7, 11) is 2.87. The molecule has 1 aliphatic carbocycles. The van der Waals surface area contributed by atoms with Gasteiger partial charge in [0.15, 0.2) is 0 Å². The first-order valence-corrected chi connectivity index (χ1v) is 13.8. The van der Waals surface area contributed by atoms with Crippen LogP contribution in [0.15, 0.2) is 30.5 Å². The van der Waals surface area contributed by atoms with Crippen LogP contribution in [0.2, 0.25) is 0 Å². The number of hydrogen-bond donors (Lipinski definition) is 0. The number of halogens is 3. The standard InChI is InChI=1S/C30H37F3N2O4/c1-18(28(36)38-4)26(21-6-7-21)22-8-5-20-9-10-29(39-25(20)15-22)11-13-35(14-12-29)19(2)24-16-23(30(31,32)33)17-34-27(24)37-3/h5,8,15-19,21,26H,6-7,9-14H2,1-4H3/t18-,19-,26+/m1/s1. The minimum Gasteiger partial charge on any atom is -0.487 e. The number of likely N-dealkylation sites (tertiary alicyclic amines) is 1. The van der Waals surface area contributed by atoms with Crippen molar-refractivity contribution in [2.45, 2.75) is 76.1 Å². The Hall–Kier alpha value is -2.81. The summed E-state index contributed by atoms with van der Waals surface area (Å²) in [6, 6.07) is 7.28. The summed E-state index contributed by atoms with van der Waals surface area (Å²) in [5.41, 5.74) is 1.67. The predicted octanol–water partition coefficient (Wildman–Crippen LogP) is 6.33. The number of carbonyl (C=O) groups excluding carboxylic acids is 1. The van der Waals surface area contributed by atoms with E-state index in [1.54, 1.807) is 0 Å². The summed E-state index contributed by atoms with van der Waals surface area (Å²) >= 11 is 0. The van der Waals surface area contributed by atoms with Gasteiger partial charge in [0.05, 0.1) is 25.7 Å². The lowest BCUT2D eigenvalue weighted by molar-refractivity contribution is -0.145. The molecule has 1 saturated heterocycles. The van der Waals surface area contributed by atoms with Gasteiger partial charge in [0, 0.05) is 30.9 Å². The second-order valence-electron chi connectivity index (χ2n) is 11.4. The molecular formula is C30H37F3N2O4. The van der Waals surface area contributed by atoms with Gasteiger partial charge in [-0.2, -0.15) is 13.2 Å². The van der Waals surface area contributed by atoms with E-state index in [1.807, 2.05) is 13.8 Å². The van der Waals surface area contributed by atoms with E-state index in [4.69, 9.17) is 14.2 Å². The molecule has 2 aromatic rings. The molecule has 1 aromatic heterocycles. The number of aromatic nitrogens is 1. The van der Waals surface area contributed by atoms with E-state index >= 15 is 0 Å². The van der Waals surface area contributed by atoms with Gasteiger partial charge in [-0.1, -0.05) is 19.1 Å². The fourth-order valence-electron chi connectivity index (χ4n) is 6.45. The summed E-state index contributed by atoms with van der Waals surface area (Å²) < 4.78 is 57.2. The van der Waals surface area contributed by atoms with Gasteiger partial charge in [0.25, 0.3) is 0 Å². The lowest BCUT2D eigenvalue weighted by atomic mass is 9.80. The molecule has 1 spiro atoms. The van der Waals surface area contributed by atoms with Gasteiger partial charge < -0.3 is 14.2 Å². The lowest BCUT2D eigenvalue weighted by Gasteiger charge is -2.46. The molecule has 2 fully saturated rings. The number of piperidine rings is 1. The number of alkyl halides is 3. The molecule has 1 aromatic carbocycles. The van der Waals surface area contributed by atoms with Crippen molar-refractivity contribution in [2.24, 2.45) is 11.8 Å². The zero-order valence-electron chi connectivity index (χ0n) is 23.0. The molecular weight excluding hydrogens is 509 g/mol. The second kappa shape index (κ2) is 10.6. The van der Waals surface area contributed by atoms with Gasteiger partial charge in [-0.25, -0.2) is 4.98 Å². The normalized spacial score (nSPS) is 21.4. The number of carbonyl (C=O) groups is 1. The van der Waals surface area contributed by atoms with E-state index in [-0.39, 0.29) is 35.3 Å². The quantitative estimate of drug-likeness (QED) is 0.378. The van der Waals surface area contributed by atoms with Crippen LogP contribution in [0.1, 0.15) is 80.2 Å². The number of hydrogen-bond acceptors (Lipinski definition) is 6. The molecule has 5 rings (SSSR count). The van der Waals surface area contributed by atoms with E-state index in [1.165, 1.54) is 19.8 Å². The van der Waals surface area contributed by atoms with Crippen molar-refractivity contribution >= 4 is 5.97 Å². The summed E-state index contributed by atoms with van der Waals surface area (Å²) in [5, 5.41) is 0. The first-order chi connectivity index (χ1) is 18.5. The monoisotopic (exact) mass is 546 g/mol. The highest BCUT2D eigenvalue weighted by Gasteiger charge is 2.43. The third kappa shape index (κ3) is 5.60. The first-order valence-electron chi connectivity index (χ1n) is 13.8. The Kier molecular flexibility index (Phi) is 7.57. The van der Waals surface area contributed by atoms with Crippen LogP contribution in [-0.2, 0) is 22.1 Å². The fraction of sp³-hybridized carbons (Fsp3) is 0.600. The Bertz CT molecular complexity index is 1210. The number of rotatable bonds is 7. The largest absolute Gasteiger partial charge is 0.487 e. The Morgan fingerprint density at radius 2 is 1.85 bits per heavy atom.